The maximum absolute atomic E-state index is 13.7. The van der Waals surface area contributed by atoms with Crippen molar-refractivity contribution in [3.05, 3.63) is 30.1 Å². The maximum Gasteiger partial charge on any atom is 0.173 e. The highest BCUT2D eigenvalue weighted by Gasteiger charge is 2.37. The highest BCUT2D eigenvalue weighted by molar-refractivity contribution is 7.91. The lowest BCUT2D eigenvalue weighted by Crippen LogP contribution is -3.18. The number of benzene rings is 1. The minimum Gasteiger partial charge on any atom is -0.338 e. The van der Waals surface area contributed by atoms with Crippen LogP contribution in [0.4, 0.5) is 10.1 Å². The molecule has 0 aromatic heterocycles. The summed E-state index contributed by atoms with van der Waals surface area (Å²) in [7, 11) is -2.83. The van der Waals surface area contributed by atoms with Crippen LogP contribution in [-0.2, 0) is 9.84 Å². The number of piperazine rings is 1. The van der Waals surface area contributed by atoms with Gasteiger partial charge < -0.3 is 15.1 Å². The Kier molecular flexibility index (Phi) is 4.84. The molecular weight excluding hydrogens is 337 g/mol. The number of nitrogens with zero attached hydrogens (tertiary/aromatic N) is 1. The summed E-state index contributed by atoms with van der Waals surface area (Å²) in [6, 6.07) is 6.67. The fourth-order valence-electron chi connectivity index (χ4n) is 3.28. The second kappa shape index (κ2) is 6.70. The molecule has 5 nitrogen and oxygen atoms in total. The molecule has 0 radical (unpaired) electrons. The molecule has 1 aromatic carbocycles. The predicted octanol–water partition coefficient (Wildman–Crippen LogP) is -0.0899. The van der Waals surface area contributed by atoms with Crippen LogP contribution >= 0.6 is 12.2 Å². The standard InChI is InChI=1S/C15H20FN3O2S2/c16-13-3-1-2-4-14(13)17-15(22)19-8-6-18(7-9-19)12-5-10-23(20,21)11-12/h1-4,12H,5-11H2,(H,17,22)/p+1/t12-/m1/s1. The largest absolute Gasteiger partial charge is 0.338 e. The summed E-state index contributed by atoms with van der Waals surface area (Å²) in [5, 5.41) is 3.48. The Labute approximate surface area is 141 Å². The van der Waals surface area contributed by atoms with E-state index in [0.29, 0.717) is 22.3 Å². The molecule has 0 aliphatic carbocycles. The van der Waals surface area contributed by atoms with Crippen LogP contribution in [0.25, 0.3) is 0 Å². The molecule has 23 heavy (non-hydrogen) atoms. The average Bonchev–Trinajstić information content (AvgIpc) is 2.90. The van der Waals surface area contributed by atoms with Gasteiger partial charge in [-0.3, -0.25) is 0 Å². The molecule has 1 aromatic rings. The van der Waals surface area contributed by atoms with E-state index in [9.17, 15) is 12.8 Å². The quantitative estimate of drug-likeness (QED) is 0.724. The molecule has 3 rings (SSSR count). The van der Waals surface area contributed by atoms with E-state index in [0.717, 1.165) is 32.6 Å². The summed E-state index contributed by atoms with van der Waals surface area (Å²) in [6.45, 7) is 3.23. The molecule has 126 valence electrons. The number of quaternary nitrogens is 1. The Balaban J connectivity index is 1.53. The zero-order valence-electron chi connectivity index (χ0n) is 12.8. The molecule has 2 N–H and O–H groups in total. The van der Waals surface area contributed by atoms with E-state index >= 15 is 0 Å². The van der Waals surface area contributed by atoms with Crippen LogP contribution in [0.2, 0.25) is 0 Å². The second-order valence-corrected chi connectivity index (χ2v) is 8.77. The van der Waals surface area contributed by atoms with Gasteiger partial charge in [0.2, 0.25) is 0 Å². The summed E-state index contributed by atoms with van der Waals surface area (Å²) in [6.07, 6.45) is 0.760. The molecule has 1 atom stereocenters. The van der Waals surface area contributed by atoms with Crippen LogP contribution in [0.1, 0.15) is 6.42 Å². The molecular formula is C15H21FN3O2S2+. The first kappa shape index (κ1) is 16.6. The molecule has 2 fully saturated rings. The number of thiocarbonyl (C=S) groups is 1. The molecule has 2 aliphatic rings. The molecule has 0 unspecified atom stereocenters. The van der Waals surface area contributed by atoms with Gasteiger partial charge in [0.1, 0.15) is 17.6 Å². The third-order valence-electron chi connectivity index (χ3n) is 4.62. The lowest BCUT2D eigenvalue weighted by molar-refractivity contribution is -0.925. The van der Waals surface area contributed by atoms with E-state index in [2.05, 4.69) is 5.32 Å². The van der Waals surface area contributed by atoms with Crippen molar-refractivity contribution in [3.63, 3.8) is 0 Å². The van der Waals surface area contributed by atoms with Gasteiger partial charge in [0.15, 0.2) is 14.9 Å². The minimum absolute atomic E-state index is 0.218. The molecule has 0 spiro atoms. The van der Waals surface area contributed by atoms with Gasteiger partial charge in [-0.05, 0) is 24.4 Å². The second-order valence-electron chi connectivity index (χ2n) is 6.16. The predicted molar refractivity (Wildman–Crippen MR) is 91.9 cm³/mol. The molecule has 0 saturated carbocycles. The highest BCUT2D eigenvalue weighted by atomic mass is 32.2. The Hall–Kier alpha value is -1.25. The van der Waals surface area contributed by atoms with Crippen LogP contribution in [0.15, 0.2) is 24.3 Å². The molecule has 2 aliphatic heterocycles. The van der Waals surface area contributed by atoms with Crippen LogP contribution in [0.5, 0.6) is 0 Å². The zero-order chi connectivity index (χ0) is 16.4. The fourth-order valence-corrected chi connectivity index (χ4v) is 5.40. The van der Waals surface area contributed by atoms with Gasteiger partial charge in [-0.15, -0.1) is 0 Å². The van der Waals surface area contributed by atoms with Crippen molar-refractivity contribution >= 4 is 32.9 Å². The monoisotopic (exact) mass is 358 g/mol. The lowest BCUT2D eigenvalue weighted by atomic mass is 10.2. The van der Waals surface area contributed by atoms with Gasteiger partial charge in [-0.2, -0.15) is 0 Å². The fraction of sp³-hybridized carbons (Fsp3) is 0.533. The van der Waals surface area contributed by atoms with Gasteiger partial charge in [-0.25, -0.2) is 12.8 Å². The van der Waals surface area contributed by atoms with Crippen LogP contribution in [-0.4, -0.2) is 62.2 Å². The SMILES string of the molecule is O=S1(=O)CC[C@@H]([NH+]2CCN(C(=S)Nc3ccccc3F)CC2)C1. The Morgan fingerprint density at radius 3 is 2.61 bits per heavy atom. The Morgan fingerprint density at radius 2 is 2.00 bits per heavy atom. The van der Waals surface area contributed by atoms with E-state index < -0.39 is 9.84 Å². The van der Waals surface area contributed by atoms with Crippen molar-refractivity contribution in [3.8, 4) is 0 Å². The van der Waals surface area contributed by atoms with Crippen LogP contribution in [0, 0.1) is 5.82 Å². The number of rotatable bonds is 2. The molecule has 2 heterocycles. The number of sulfone groups is 1. The maximum atomic E-state index is 13.7. The van der Waals surface area contributed by atoms with Gasteiger partial charge in [0.05, 0.1) is 37.6 Å². The molecule has 0 amide bonds. The highest BCUT2D eigenvalue weighted by Crippen LogP contribution is 2.13. The number of hydrogen-bond acceptors (Lipinski definition) is 3. The van der Waals surface area contributed by atoms with Gasteiger partial charge in [-0.1, -0.05) is 12.1 Å². The first-order valence-corrected chi connectivity index (χ1v) is 10.0. The lowest BCUT2D eigenvalue weighted by Gasteiger charge is -2.36. The third kappa shape index (κ3) is 3.99. The van der Waals surface area contributed by atoms with E-state index in [1.54, 1.807) is 18.2 Å². The van der Waals surface area contributed by atoms with Gasteiger partial charge >= 0.3 is 0 Å². The van der Waals surface area contributed by atoms with E-state index in [1.807, 2.05) is 4.90 Å². The average molecular weight is 358 g/mol. The summed E-state index contributed by atoms with van der Waals surface area (Å²) in [4.78, 5) is 3.37. The van der Waals surface area contributed by atoms with Crippen molar-refractivity contribution in [2.24, 2.45) is 0 Å². The number of anilines is 1. The number of para-hydroxylation sites is 1. The smallest absolute Gasteiger partial charge is 0.173 e. The van der Waals surface area contributed by atoms with Crippen molar-refractivity contribution in [1.29, 1.82) is 0 Å². The van der Waals surface area contributed by atoms with Gasteiger partial charge in [0, 0.05) is 6.42 Å². The molecule has 0 bridgehead atoms. The van der Waals surface area contributed by atoms with Crippen molar-refractivity contribution in [2.45, 2.75) is 12.5 Å². The van der Waals surface area contributed by atoms with Crippen molar-refractivity contribution < 1.29 is 17.7 Å². The normalized spacial score (nSPS) is 24.6. The molecule has 2 saturated heterocycles. The Morgan fingerprint density at radius 1 is 1.30 bits per heavy atom. The number of nitrogens with one attached hydrogen (secondary N) is 2. The topological polar surface area (TPSA) is 53.9 Å². The minimum atomic E-state index is -2.83. The first-order chi connectivity index (χ1) is 10.9. The van der Waals surface area contributed by atoms with E-state index in [1.165, 1.54) is 11.0 Å². The van der Waals surface area contributed by atoms with Crippen molar-refractivity contribution in [2.75, 3.05) is 43.0 Å². The van der Waals surface area contributed by atoms with Crippen LogP contribution < -0.4 is 10.2 Å². The summed E-state index contributed by atoms with van der Waals surface area (Å²) in [5.74, 6) is 0.300. The van der Waals surface area contributed by atoms with Crippen molar-refractivity contribution in [1.82, 2.24) is 4.90 Å². The summed E-state index contributed by atoms with van der Waals surface area (Å²) < 4.78 is 36.9. The first-order valence-electron chi connectivity index (χ1n) is 7.80. The number of halogens is 1. The third-order valence-corrected chi connectivity index (χ3v) is 6.75. The molecule has 8 heteroatoms. The zero-order valence-corrected chi connectivity index (χ0v) is 14.4. The summed E-state index contributed by atoms with van der Waals surface area (Å²) in [5.41, 5.74) is 0.383. The summed E-state index contributed by atoms with van der Waals surface area (Å²) >= 11 is 5.37. The van der Waals surface area contributed by atoms with Crippen LogP contribution in [0.3, 0.4) is 0 Å². The number of hydrogen-bond donors (Lipinski definition) is 2. The van der Waals surface area contributed by atoms with E-state index in [-0.39, 0.29) is 11.9 Å². The Bertz CT molecular complexity index is 688. The van der Waals surface area contributed by atoms with Gasteiger partial charge in [0.25, 0.3) is 0 Å². The van der Waals surface area contributed by atoms with E-state index in [4.69, 9.17) is 12.2 Å².